The molecule has 1 aromatic heterocycles. The number of likely N-dealkylation sites (tertiary alicyclic amines) is 1. The van der Waals surface area contributed by atoms with Crippen molar-refractivity contribution in [3.05, 3.63) is 12.3 Å². The molecule has 3 rings (SSSR count). The Morgan fingerprint density at radius 3 is 3.14 bits per heavy atom. The van der Waals surface area contributed by atoms with Crippen LogP contribution >= 0.6 is 0 Å². The van der Waals surface area contributed by atoms with Gasteiger partial charge in [0.15, 0.2) is 0 Å². The van der Waals surface area contributed by atoms with Crippen LogP contribution in [-0.4, -0.2) is 46.0 Å². The lowest BCUT2D eigenvalue weighted by Gasteiger charge is -2.29. The molecule has 116 valence electrons. The van der Waals surface area contributed by atoms with Crippen molar-refractivity contribution in [3.63, 3.8) is 0 Å². The van der Waals surface area contributed by atoms with E-state index in [-0.39, 0.29) is 18.2 Å². The molecule has 0 saturated carbocycles. The van der Waals surface area contributed by atoms with E-state index in [9.17, 15) is 4.79 Å². The summed E-state index contributed by atoms with van der Waals surface area (Å²) in [5.74, 6) is 0.778. The number of hydrogen-bond acceptors (Lipinski definition) is 3. The van der Waals surface area contributed by atoms with E-state index >= 15 is 0 Å². The van der Waals surface area contributed by atoms with Gasteiger partial charge >= 0.3 is 6.03 Å². The Morgan fingerprint density at radius 2 is 2.38 bits per heavy atom. The standard InChI is InChI=1S/C15H24N4O2/c1-2-9-19-14(7-8-16-19)17-15(20)18-10-3-5-12(18)13-6-4-11-21-13/h7-8,12-13H,2-6,9-11H2,1H3,(H,17,20)/t12-,13+/m1/s1. The van der Waals surface area contributed by atoms with Gasteiger partial charge in [-0.1, -0.05) is 6.92 Å². The normalized spacial score (nSPS) is 25.5. The number of urea groups is 1. The van der Waals surface area contributed by atoms with Crippen molar-refractivity contribution in [2.45, 2.75) is 57.7 Å². The number of nitrogens with zero attached hydrogens (tertiary/aromatic N) is 3. The van der Waals surface area contributed by atoms with Gasteiger partial charge in [0.1, 0.15) is 5.82 Å². The number of aromatic nitrogens is 2. The maximum atomic E-state index is 12.6. The molecule has 0 unspecified atom stereocenters. The zero-order valence-electron chi connectivity index (χ0n) is 12.6. The van der Waals surface area contributed by atoms with Gasteiger partial charge in [-0.25, -0.2) is 9.48 Å². The summed E-state index contributed by atoms with van der Waals surface area (Å²) < 4.78 is 7.62. The van der Waals surface area contributed by atoms with Gasteiger partial charge in [-0.05, 0) is 32.1 Å². The van der Waals surface area contributed by atoms with Crippen molar-refractivity contribution in [1.29, 1.82) is 0 Å². The fourth-order valence-electron chi connectivity index (χ4n) is 3.35. The van der Waals surface area contributed by atoms with E-state index in [1.54, 1.807) is 6.20 Å². The summed E-state index contributed by atoms with van der Waals surface area (Å²) in [6.07, 6.45) is 7.24. The van der Waals surface area contributed by atoms with Crippen LogP contribution in [0, 0.1) is 0 Å². The van der Waals surface area contributed by atoms with Crippen LogP contribution in [-0.2, 0) is 11.3 Å². The molecule has 2 saturated heterocycles. The highest BCUT2D eigenvalue weighted by atomic mass is 16.5. The molecule has 2 fully saturated rings. The molecule has 0 spiro atoms. The number of hydrogen-bond donors (Lipinski definition) is 1. The van der Waals surface area contributed by atoms with E-state index in [1.807, 2.05) is 15.6 Å². The van der Waals surface area contributed by atoms with Gasteiger partial charge in [0, 0.05) is 25.8 Å². The Balaban J connectivity index is 1.65. The van der Waals surface area contributed by atoms with Gasteiger partial charge in [0.2, 0.25) is 0 Å². The molecule has 2 atom stereocenters. The zero-order valence-corrected chi connectivity index (χ0v) is 12.6. The Hall–Kier alpha value is -1.56. The molecule has 0 aliphatic carbocycles. The Kier molecular flexibility index (Phi) is 4.43. The highest BCUT2D eigenvalue weighted by molar-refractivity contribution is 5.88. The molecule has 1 N–H and O–H groups in total. The highest BCUT2D eigenvalue weighted by Crippen LogP contribution is 2.28. The van der Waals surface area contributed by atoms with Crippen LogP contribution in [0.1, 0.15) is 39.0 Å². The zero-order chi connectivity index (χ0) is 14.7. The Labute approximate surface area is 125 Å². The third-order valence-electron chi connectivity index (χ3n) is 4.34. The number of aryl methyl sites for hydroxylation is 1. The molecular weight excluding hydrogens is 268 g/mol. The minimum absolute atomic E-state index is 0.0224. The predicted octanol–water partition coefficient (Wildman–Crippen LogP) is 2.47. The topological polar surface area (TPSA) is 59.4 Å². The molecule has 1 aromatic rings. The van der Waals surface area contributed by atoms with Gasteiger partial charge in [-0.15, -0.1) is 0 Å². The van der Waals surface area contributed by atoms with Crippen molar-refractivity contribution in [3.8, 4) is 0 Å². The van der Waals surface area contributed by atoms with Crippen molar-refractivity contribution < 1.29 is 9.53 Å². The van der Waals surface area contributed by atoms with E-state index in [0.29, 0.717) is 0 Å². The van der Waals surface area contributed by atoms with Crippen LogP contribution in [0.4, 0.5) is 10.6 Å². The fourth-order valence-corrected chi connectivity index (χ4v) is 3.35. The fraction of sp³-hybridized carbons (Fsp3) is 0.733. The number of carbonyl (C=O) groups is 1. The van der Waals surface area contributed by atoms with Crippen molar-refractivity contribution in [2.24, 2.45) is 0 Å². The molecule has 6 heteroatoms. The van der Waals surface area contributed by atoms with Crippen LogP contribution in [0.3, 0.4) is 0 Å². The molecule has 2 amide bonds. The number of carbonyl (C=O) groups excluding carboxylic acids is 1. The van der Waals surface area contributed by atoms with E-state index in [2.05, 4.69) is 17.3 Å². The quantitative estimate of drug-likeness (QED) is 0.927. The number of ether oxygens (including phenoxy) is 1. The van der Waals surface area contributed by atoms with Crippen LogP contribution < -0.4 is 5.32 Å². The summed E-state index contributed by atoms with van der Waals surface area (Å²) in [5.41, 5.74) is 0. The van der Waals surface area contributed by atoms with Gasteiger partial charge < -0.3 is 9.64 Å². The SMILES string of the molecule is CCCn1nccc1NC(=O)N1CCC[C@@H]1[C@@H]1CCCO1. The third kappa shape index (κ3) is 3.05. The largest absolute Gasteiger partial charge is 0.376 e. The second-order valence-electron chi connectivity index (χ2n) is 5.82. The maximum Gasteiger partial charge on any atom is 0.323 e. The average Bonchev–Trinajstić information content (AvgIpc) is 3.20. The lowest BCUT2D eigenvalue weighted by molar-refractivity contribution is 0.0542. The second kappa shape index (κ2) is 6.47. The summed E-state index contributed by atoms with van der Waals surface area (Å²) in [4.78, 5) is 14.5. The van der Waals surface area contributed by atoms with Gasteiger partial charge in [-0.2, -0.15) is 5.10 Å². The van der Waals surface area contributed by atoms with Crippen molar-refractivity contribution >= 4 is 11.8 Å². The number of anilines is 1. The minimum atomic E-state index is -0.0224. The molecule has 2 aliphatic rings. The first-order valence-corrected chi connectivity index (χ1v) is 8.00. The smallest absolute Gasteiger partial charge is 0.323 e. The number of nitrogens with one attached hydrogen (secondary N) is 1. The summed E-state index contributed by atoms with van der Waals surface area (Å²) in [6.45, 7) is 4.57. The van der Waals surface area contributed by atoms with E-state index in [0.717, 1.165) is 57.6 Å². The van der Waals surface area contributed by atoms with E-state index < -0.39 is 0 Å². The van der Waals surface area contributed by atoms with Gasteiger partial charge in [-0.3, -0.25) is 5.32 Å². The van der Waals surface area contributed by atoms with E-state index in [4.69, 9.17) is 4.74 Å². The Morgan fingerprint density at radius 1 is 1.48 bits per heavy atom. The Bertz CT molecular complexity index is 482. The van der Waals surface area contributed by atoms with E-state index in [1.165, 1.54) is 0 Å². The van der Waals surface area contributed by atoms with Crippen LogP contribution in [0.2, 0.25) is 0 Å². The first kappa shape index (κ1) is 14.4. The lowest BCUT2D eigenvalue weighted by atomic mass is 10.1. The van der Waals surface area contributed by atoms with Gasteiger partial charge in [0.05, 0.1) is 18.3 Å². The molecule has 0 bridgehead atoms. The minimum Gasteiger partial charge on any atom is -0.376 e. The third-order valence-corrected chi connectivity index (χ3v) is 4.34. The summed E-state index contributed by atoms with van der Waals surface area (Å²) in [6, 6.07) is 2.06. The average molecular weight is 292 g/mol. The van der Waals surface area contributed by atoms with Crippen molar-refractivity contribution in [1.82, 2.24) is 14.7 Å². The summed E-state index contributed by atoms with van der Waals surface area (Å²) in [5, 5.41) is 7.24. The monoisotopic (exact) mass is 292 g/mol. The van der Waals surface area contributed by atoms with Crippen molar-refractivity contribution in [2.75, 3.05) is 18.5 Å². The maximum absolute atomic E-state index is 12.6. The predicted molar refractivity (Wildman–Crippen MR) is 80.2 cm³/mol. The molecule has 0 aromatic carbocycles. The van der Waals surface area contributed by atoms with Crippen LogP contribution in [0.15, 0.2) is 12.3 Å². The number of amides is 2. The van der Waals surface area contributed by atoms with Crippen LogP contribution in [0.5, 0.6) is 0 Å². The summed E-state index contributed by atoms with van der Waals surface area (Å²) in [7, 11) is 0. The lowest BCUT2D eigenvalue weighted by Crippen LogP contribution is -2.44. The summed E-state index contributed by atoms with van der Waals surface area (Å²) >= 11 is 0. The molecular formula is C15H24N4O2. The molecule has 6 nitrogen and oxygen atoms in total. The first-order valence-electron chi connectivity index (χ1n) is 8.00. The van der Waals surface area contributed by atoms with Crippen LogP contribution in [0.25, 0.3) is 0 Å². The first-order chi connectivity index (χ1) is 10.3. The molecule has 2 aliphatic heterocycles. The second-order valence-corrected chi connectivity index (χ2v) is 5.82. The van der Waals surface area contributed by atoms with Gasteiger partial charge in [0.25, 0.3) is 0 Å². The number of rotatable bonds is 4. The molecule has 0 radical (unpaired) electrons. The molecule has 3 heterocycles. The molecule has 21 heavy (non-hydrogen) atoms. The highest BCUT2D eigenvalue weighted by Gasteiger charge is 2.37.